The van der Waals surface area contributed by atoms with Crippen molar-refractivity contribution in [3.63, 3.8) is 0 Å². The van der Waals surface area contributed by atoms with Gasteiger partial charge in [-0.3, -0.25) is 0 Å². The van der Waals surface area contributed by atoms with Crippen molar-refractivity contribution in [2.75, 3.05) is 14.7 Å². The Kier molecular flexibility index (Phi) is 10.9. The fourth-order valence-corrected chi connectivity index (χ4v) is 14.8. The maximum absolute atomic E-state index is 6.75. The van der Waals surface area contributed by atoms with Gasteiger partial charge in [-0.05, 0) is 205 Å². The molecule has 13 rings (SSSR count). The van der Waals surface area contributed by atoms with Gasteiger partial charge in [0.25, 0.3) is 6.71 Å². The van der Waals surface area contributed by atoms with Crippen LogP contribution in [-0.2, 0) is 32.5 Å². The summed E-state index contributed by atoms with van der Waals surface area (Å²) in [6, 6.07) is 56.6. The molecule has 0 amide bonds. The van der Waals surface area contributed by atoms with Crippen LogP contribution < -0.4 is 31.1 Å². The summed E-state index contributed by atoms with van der Waals surface area (Å²) >= 11 is 0. The topological polar surface area (TPSA) is 22.9 Å². The minimum atomic E-state index is -0.0499. The Morgan fingerprint density at radius 1 is 0.449 bits per heavy atom. The predicted octanol–water partition coefficient (Wildman–Crippen LogP) is 18.7. The minimum Gasteiger partial charge on any atom is -0.456 e. The number of para-hydroxylation sites is 1. The quantitative estimate of drug-likeness (QED) is 0.160. The average molecular weight is 1020 g/mol. The maximum atomic E-state index is 6.75. The summed E-state index contributed by atoms with van der Waals surface area (Å²) < 4.78 is 6.75. The van der Waals surface area contributed by atoms with Gasteiger partial charge < -0.3 is 19.1 Å². The van der Waals surface area contributed by atoms with Crippen molar-refractivity contribution in [3.05, 3.63) is 190 Å². The third kappa shape index (κ3) is 7.67. The Labute approximate surface area is 465 Å². The van der Waals surface area contributed by atoms with E-state index in [1.807, 2.05) is 0 Å². The van der Waals surface area contributed by atoms with Crippen molar-refractivity contribution in [1.29, 1.82) is 0 Å². The van der Waals surface area contributed by atoms with Crippen molar-refractivity contribution in [1.82, 2.24) is 0 Å². The highest BCUT2D eigenvalue weighted by molar-refractivity contribution is 7.00. The van der Waals surface area contributed by atoms with Crippen LogP contribution in [0.3, 0.4) is 0 Å². The highest BCUT2D eigenvalue weighted by Crippen LogP contribution is 2.55. The van der Waals surface area contributed by atoms with E-state index in [2.05, 4.69) is 271 Å². The summed E-state index contributed by atoms with van der Waals surface area (Å²) in [6.45, 7) is 38.2. The number of benzene rings is 8. The van der Waals surface area contributed by atoms with Crippen LogP contribution in [0.4, 0.5) is 51.2 Å². The molecule has 0 N–H and O–H groups in total. The Bertz CT molecular complexity index is 3890. The summed E-state index contributed by atoms with van der Waals surface area (Å²) in [5.74, 6) is 0. The van der Waals surface area contributed by atoms with Crippen LogP contribution in [0.5, 0.6) is 0 Å². The van der Waals surface area contributed by atoms with Crippen molar-refractivity contribution < 1.29 is 4.42 Å². The first-order valence-electron chi connectivity index (χ1n) is 28.9. The van der Waals surface area contributed by atoms with Crippen LogP contribution >= 0.6 is 0 Å². The lowest BCUT2D eigenvalue weighted by Crippen LogP contribution is -2.61. The van der Waals surface area contributed by atoms with Gasteiger partial charge in [-0.15, -0.1) is 0 Å². The van der Waals surface area contributed by atoms with Crippen LogP contribution in [0.2, 0.25) is 0 Å². The molecule has 3 heterocycles. The number of hydrogen-bond acceptors (Lipinski definition) is 4. The summed E-state index contributed by atoms with van der Waals surface area (Å²) in [5, 5.41) is 2.24. The fraction of sp³-hybridized carbons (Fsp3) is 0.342. The third-order valence-electron chi connectivity index (χ3n) is 19.0. The van der Waals surface area contributed by atoms with Crippen LogP contribution in [0.15, 0.2) is 150 Å². The fourth-order valence-electron chi connectivity index (χ4n) is 14.8. The maximum Gasteiger partial charge on any atom is 0.252 e. The van der Waals surface area contributed by atoms with Crippen LogP contribution in [0.1, 0.15) is 161 Å². The van der Waals surface area contributed by atoms with Crippen molar-refractivity contribution in [3.8, 4) is 0 Å². The number of aryl methyl sites for hydroxylation is 2. The molecule has 9 aromatic rings. The van der Waals surface area contributed by atoms with E-state index in [1.54, 1.807) is 0 Å². The number of hydrogen-bond donors (Lipinski definition) is 0. The van der Waals surface area contributed by atoms with E-state index >= 15 is 0 Å². The summed E-state index contributed by atoms with van der Waals surface area (Å²) in [4.78, 5) is 7.80. The normalized spacial score (nSPS) is 17.4. The van der Waals surface area contributed by atoms with Crippen LogP contribution in [0, 0.1) is 13.8 Å². The zero-order valence-corrected chi connectivity index (χ0v) is 49.3. The molecule has 0 atom stereocenters. The van der Waals surface area contributed by atoms with Gasteiger partial charge in [0.1, 0.15) is 11.2 Å². The standard InChI is InChI=1S/C73H78BN3O/c1-44-36-62-67-63(37-44)77(59-41-54-52(38-45(59)2)70(9,10)34-35-71(54,11)12)61-42-55-53(72(13,14)43-73(55,15)16)40-57(61)74(67)56-33-32-50(39-60(56)76(62)58-21-19-23-65-66(58)51-20-17-18-22-64(51)78-65)75(48-28-24-46(25-29-48)68(3,4)5)49-30-26-47(27-31-49)69(6,7)8/h17-33,36-42H,34-35,43H2,1-16H3. The SMILES string of the molecule is Cc1cc2c3c(c1)N(c1cccc4oc5ccccc5c14)c1cc(N(c4ccc(C(C)(C)C)cc4)c4ccc(C(C)(C)C)cc4)ccc1B3c1cc3c(cc1N2c1cc2c(cc1C)C(C)(C)CCC2(C)C)C(C)(C)CC3(C)C. The van der Waals surface area contributed by atoms with Crippen LogP contribution in [0.25, 0.3) is 21.9 Å². The predicted molar refractivity (Wildman–Crippen MR) is 335 cm³/mol. The smallest absolute Gasteiger partial charge is 0.252 e. The largest absolute Gasteiger partial charge is 0.456 e. The molecule has 0 radical (unpaired) electrons. The zero-order chi connectivity index (χ0) is 55.0. The first-order chi connectivity index (χ1) is 36.7. The molecule has 78 heavy (non-hydrogen) atoms. The van der Waals surface area contributed by atoms with Crippen molar-refractivity contribution in [2.24, 2.45) is 0 Å². The molecule has 0 fully saturated rings. The Balaban J connectivity index is 1.13. The summed E-state index contributed by atoms with van der Waals surface area (Å²) in [7, 11) is 0. The molecule has 1 aromatic heterocycles. The van der Waals surface area contributed by atoms with Gasteiger partial charge in [0, 0.05) is 50.9 Å². The van der Waals surface area contributed by atoms with E-state index in [4.69, 9.17) is 4.42 Å². The highest BCUT2D eigenvalue weighted by Gasteiger charge is 2.49. The van der Waals surface area contributed by atoms with Gasteiger partial charge >= 0.3 is 0 Å². The molecular weight excluding hydrogens is 946 g/mol. The number of nitrogens with zero attached hydrogens (tertiary/aromatic N) is 3. The molecule has 394 valence electrons. The van der Waals surface area contributed by atoms with Gasteiger partial charge in [-0.25, -0.2) is 0 Å². The van der Waals surface area contributed by atoms with E-state index in [9.17, 15) is 0 Å². The van der Waals surface area contributed by atoms with E-state index in [1.165, 1.54) is 95.8 Å². The molecule has 0 saturated carbocycles. The molecule has 0 spiro atoms. The molecule has 2 aliphatic carbocycles. The number of rotatable bonds is 5. The van der Waals surface area contributed by atoms with E-state index in [-0.39, 0.29) is 39.2 Å². The lowest BCUT2D eigenvalue weighted by molar-refractivity contribution is 0.332. The van der Waals surface area contributed by atoms with Gasteiger partial charge in [0.05, 0.1) is 11.1 Å². The van der Waals surface area contributed by atoms with Gasteiger partial charge in [-0.1, -0.05) is 164 Å². The molecule has 5 heteroatoms. The second-order valence-electron chi connectivity index (χ2n) is 28.6. The lowest BCUT2D eigenvalue weighted by Gasteiger charge is -2.46. The van der Waals surface area contributed by atoms with E-state index < -0.39 is 0 Å². The average Bonchev–Trinajstić information content (AvgIpc) is 4.01. The minimum absolute atomic E-state index is 0.00334. The van der Waals surface area contributed by atoms with Crippen molar-refractivity contribution in [2.45, 2.75) is 163 Å². The molecule has 0 saturated heterocycles. The summed E-state index contributed by atoms with van der Waals surface area (Å²) in [6.07, 6.45) is 3.44. The molecule has 0 unspecified atom stereocenters. The van der Waals surface area contributed by atoms with Gasteiger partial charge in [0.2, 0.25) is 0 Å². The molecule has 8 aromatic carbocycles. The number of fused-ring (bicyclic) bond motifs is 9. The lowest BCUT2D eigenvalue weighted by atomic mass is 9.33. The number of anilines is 9. The third-order valence-corrected chi connectivity index (χ3v) is 19.0. The summed E-state index contributed by atoms with van der Waals surface area (Å²) in [5.41, 5.74) is 27.8. The van der Waals surface area contributed by atoms with Crippen LogP contribution in [-0.4, -0.2) is 6.71 Å². The molecule has 4 nitrogen and oxygen atoms in total. The van der Waals surface area contributed by atoms with Crippen molar-refractivity contribution >= 4 is 96.2 Å². The number of furan rings is 1. The first-order valence-corrected chi connectivity index (χ1v) is 28.9. The molecule has 4 aliphatic rings. The molecule has 2 aliphatic heterocycles. The first kappa shape index (κ1) is 50.5. The Morgan fingerprint density at radius 3 is 1.55 bits per heavy atom. The van der Waals surface area contributed by atoms with E-state index in [0.717, 1.165) is 57.5 Å². The Hall–Kier alpha value is -6.98. The Morgan fingerprint density at radius 2 is 0.949 bits per heavy atom. The molecular formula is C73H78BN3O. The van der Waals surface area contributed by atoms with Gasteiger partial charge in [-0.2, -0.15) is 0 Å². The zero-order valence-electron chi connectivity index (χ0n) is 49.3. The second kappa shape index (κ2) is 16.8. The van der Waals surface area contributed by atoms with E-state index in [0.29, 0.717) is 0 Å². The molecule has 0 bridgehead atoms. The van der Waals surface area contributed by atoms with Gasteiger partial charge in [0.15, 0.2) is 0 Å². The second-order valence-corrected chi connectivity index (χ2v) is 28.6. The monoisotopic (exact) mass is 1020 g/mol. The highest BCUT2D eigenvalue weighted by atomic mass is 16.3.